The number of hydrogen-bond donors (Lipinski definition) is 2. The number of anilines is 1. The van der Waals surface area contributed by atoms with Gasteiger partial charge >= 0.3 is 0 Å². The summed E-state index contributed by atoms with van der Waals surface area (Å²) in [5.74, 6) is 1.35. The van der Waals surface area contributed by atoms with Gasteiger partial charge in [-0.15, -0.1) is 0 Å². The van der Waals surface area contributed by atoms with Gasteiger partial charge in [0.1, 0.15) is 12.4 Å². The first-order valence-electron chi connectivity index (χ1n) is 7.91. The third-order valence-corrected chi connectivity index (χ3v) is 4.75. The van der Waals surface area contributed by atoms with Crippen LogP contribution in [0.15, 0.2) is 71.2 Å². The Morgan fingerprint density at radius 2 is 1.76 bits per heavy atom. The molecule has 0 spiro atoms. The molecular formula is C20H16BrN3O. The van der Waals surface area contributed by atoms with E-state index >= 15 is 0 Å². The molecule has 3 N–H and O–H groups in total. The summed E-state index contributed by atoms with van der Waals surface area (Å²) in [5, 5.41) is 7.92. The van der Waals surface area contributed by atoms with Crippen LogP contribution in [0.2, 0.25) is 0 Å². The van der Waals surface area contributed by atoms with E-state index in [1.54, 1.807) is 0 Å². The van der Waals surface area contributed by atoms with Gasteiger partial charge in [-0.3, -0.25) is 5.10 Å². The van der Waals surface area contributed by atoms with E-state index in [9.17, 15) is 0 Å². The van der Waals surface area contributed by atoms with E-state index < -0.39 is 0 Å². The molecule has 0 atom stereocenters. The Hall–Kier alpha value is -2.79. The molecule has 0 fully saturated rings. The van der Waals surface area contributed by atoms with Crippen LogP contribution in [0, 0.1) is 0 Å². The summed E-state index contributed by atoms with van der Waals surface area (Å²) in [7, 11) is 0. The van der Waals surface area contributed by atoms with E-state index in [2.05, 4.69) is 38.3 Å². The molecular weight excluding hydrogens is 378 g/mol. The summed E-state index contributed by atoms with van der Waals surface area (Å²) in [6.07, 6.45) is 0. The molecule has 4 nitrogen and oxygen atoms in total. The molecule has 0 bridgehead atoms. The highest BCUT2D eigenvalue weighted by Gasteiger charge is 2.09. The number of fused-ring (bicyclic) bond motifs is 1. The van der Waals surface area contributed by atoms with Crippen molar-refractivity contribution in [1.29, 1.82) is 0 Å². The zero-order valence-corrected chi connectivity index (χ0v) is 15.0. The van der Waals surface area contributed by atoms with Crippen molar-refractivity contribution in [2.24, 2.45) is 0 Å². The molecule has 0 saturated heterocycles. The molecule has 0 saturated carbocycles. The Morgan fingerprint density at radius 1 is 1.00 bits per heavy atom. The van der Waals surface area contributed by atoms with Crippen LogP contribution in [-0.4, -0.2) is 10.2 Å². The van der Waals surface area contributed by atoms with Gasteiger partial charge in [-0.05, 0) is 41.0 Å². The van der Waals surface area contributed by atoms with Gasteiger partial charge in [-0.25, -0.2) is 0 Å². The van der Waals surface area contributed by atoms with Crippen molar-refractivity contribution in [2.45, 2.75) is 6.61 Å². The van der Waals surface area contributed by atoms with Gasteiger partial charge in [-0.1, -0.05) is 58.4 Å². The fourth-order valence-electron chi connectivity index (χ4n) is 2.75. The fraction of sp³-hybridized carbons (Fsp3) is 0.0500. The highest BCUT2D eigenvalue weighted by molar-refractivity contribution is 9.10. The Kier molecular flexibility index (Phi) is 4.15. The number of nitrogens with one attached hydrogen (secondary N) is 1. The summed E-state index contributed by atoms with van der Waals surface area (Å²) in [6.45, 7) is 0.559. The monoisotopic (exact) mass is 393 g/mol. The average Bonchev–Trinajstić information content (AvgIpc) is 3.01. The van der Waals surface area contributed by atoms with Crippen molar-refractivity contribution >= 4 is 32.7 Å². The third kappa shape index (κ3) is 3.23. The van der Waals surface area contributed by atoms with Gasteiger partial charge in [0, 0.05) is 9.86 Å². The Bertz CT molecular complexity index is 1010. The van der Waals surface area contributed by atoms with Crippen LogP contribution in [0.5, 0.6) is 5.75 Å². The molecule has 1 heterocycles. The smallest absolute Gasteiger partial charge is 0.153 e. The van der Waals surface area contributed by atoms with Crippen LogP contribution in [0.3, 0.4) is 0 Å². The molecule has 0 amide bonds. The number of halogens is 1. The standard InChI is InChI=1S/C20H16BrN3O/c21-18-10-17-19(23-24-20(17)22)11-16(18)14-6-8-15(9-7-14)25-12-13-4-2-1-3-5-13/h1-11H,12H2,(H3,22,23,24). The highest BCUT2D eigenvalue weighted by atomic mass is 79.9. The molecule has 0 aliphatic heterocycles. The molecule has 3 aromatic carbocycles. The van der Waals surface area contributed by atoms with Gasteiger partial charge in [0.25, 0.3) is 0 Å². The van der Waals surface area contributed by atoms with Gasteiger partial charge in [0.05, 0.1) is 5.52 Å². The summed E-state index contributed by atoms with van der Waals surface area (Å²) in [6, 6.07) is 22.2. The number of nitrogens with two attached hydrogens (primary N) is 1. The molecule has 4 rings (SSSR count). The SMILES string of the molecule is Nc1n[nH]c2cc(-c3ccc(OCc4ccccc4)cc3)c(Br)cc12. The Morgan fingerprint density at radius 3 is 2.52 bits per heavy atom. The summed E-state index contributed by atoms with van der Waals surface area (Å²) in [4.78, 5) is 0. The predicted molar refractivity (Wildman–Crippen MR) is 104 cm³/mol. The molecule has 0 unspecified atom stereocenters. The van der Waals surface area contributed by atoms with Crippen LogP contribution in [0.1, 0.15) is 5.56 Å². The lowest BCUT2D eigenvalue weighted by molar-refractivity contribution is 0.306. The average molecular weight is 394 g/mol. The van der Waals surface area contributed by atoms with Gasteiger partial charge in [0.15, 0.2) is 5.82 Å². The summed E-state index contributed by atoms with van der Waals surface area (Å²) in [5.41, 5.74) is 10.1. The van der Waals surface area contributed by atoms with Crippen molar-refractivity contribution in [3.63, 3.8) is 0 Å². The van der Waals surface area contributed by atoms with Crippen LogP contribution in [-0.2, 0) is 6.61 Å². The first kappa shape index (κ1) is 15.7. The lowest BCUT2D eigenvalue weighted by Crippen LogP contribution is -1.94. The quantitative estimate of drug-likeness (QED) is 0.503. The first-order chi connectivity index (χ1) is 12.2. The van der Waals surface area contributed by atoms with Crippen molar-refractivity contribution < 1.29 is 4.74 Å². The van der Waals surface area contributed by atoms with Crippen LogP contribution in [0.4, 0.5) is 5.82 Å². The minimum atomic E-state index is 0.506. The normalized spacial score (nSPS) is 10.9. The molecule has 0 aliphatic rings. The lowest BCUT2D eigenvalue weighted by atomic mass is 10.0. The number of aromatic amines is 1. The number of aromatic nitrogens is 2. The van der Waals surface area contributed by atoms with Gasteiger partial charge in [0.2, 0.25) is 0 Å². The van der Waals surface area contributed by atoms with E-state index in [4.69, 9.17) is 10.5 Å². The van der Waals surface area contributed by atoms with Gasteiger partial charge in [-0.2, -0.15) is 5.10 Å². The maximum Gasteiger partial charge on any atom is 0.153 e. The number of ether oxygens (including phenoxy) is 1. The zero-order chi connectivity index (χ0) is 17.2. The van der Waals surface area contributed by atoms with Crippen LogP contribution >= 0.6 is 15.9 Å². The van der Waals surface area contributed by atoms with Crippen molar-refractivity contribution in [3.8, 4) is 16.9 Å². The molecule has 1 aromatic heterocycles. The fourth-order valence-corrected chi connectivity index (χ4v) is 3.32. The molecule has 0 aliphatic carbocycles. The second kappa shape index (κ2) is 6.61. The molecule has 4 aromatic rings. The number of nitrogen functional groups attached to an aromatic ring is 1. The minimum absolute atomic E-state index is 0.506. The molecule has 5 heteroatoms. The van der Waals surface area contributed by atoms with E-state index in [-0.39, 0.29) is 0 Å². The Labute approximate surface area is 153 Å². The summed E-state index contributed by atoms with van der Waals surface area (Å²) >= 11 is 3.62. The van der Waals surface area contributed by atoms with E-state index in [1.807, 2.05) is 54.6 Å². The number of H-pyrrole nitrogens is 1. The van der Waals surface area contributed by atoms with Crippen LogP contribution in [0.25, 0.3) is 22.0 Å². The van der Waals surface area contributed by atoms with E-state index in [0.717, 1.165) is 37.8 Å². The number of hydrogen-bond acceptors (Lipinski definition) is 3. The van der Waals surface area contributed by atoms with E-state index in [1.165, 1.54) is 0 Å². The molecule has 124 valence electrons. The zero-order valence-electron chi connectivity index (χ0n) is 13.4. The van der Waals surface area contributed by atoms with Gasteiger partial charge < -0.3 is 10.5 Å². The first-order valence-corrected chi connectivity index (χ1v) is 8.70. The van der Waals surface area contributed by atoms with Crippen molar-refractivity contribution in [3.05, 3.63) is 76.8 Å². The van der Waals surface area contributed by atoms with Crippen LogP contribution < -0.4 is 10.5 Å². The Balaban J connectivity index is 1.56. The number of benzene rings is 3. The minimum Gasteiger partial charge on any atom is -0.489 e. The van der Waals surface area contributed by atoms with E-state index in [0.29, 0.717) is 12.4 Å². The second-order valence-electron chi connectivity index (χ2n) is 5.79. The predicted octanol–water partition coefficient (Wildman–Crippen LogP) is 5.15. The lowest BCUT2D eigenvalue weighted by Gasteiger charge is -2.09. The number of rotatable bonds is 4. The maximum atomic E-state index is 5.86. The third-order valence-electron chi connectivity index (χ3n) is 4.09. The molecule has 0 radical (unpaired) electrons. The molecule has 25 heavy (non-hydrogen) atoms. The van der Waals surface area contributed by atoms with Crippen molar-refractivity contribution in [2.75, 3.05) is 5.73 Å². The number of nitrogens with zero attached hydrogens (tertiary/aromatic N) is 1. The van der Waals surface area contributed by atoms with Crippen molar-refractivity contribution in [1.82, 2.24) is 10.2 Å². The largest absolute Gasteiger partial charge is 0.489 e. The summed E-state index contributed by atoms with van der Waals surface area (Å²) < 4.78 is 6.82. The second-order valence-corrected chi connectivity index (χ2v) is 6.64. The maximum absolute atomic E-state index is 5.86. The highest BCUT2D eigenvalue weighted by Crippen LogP contribution is 2.34. The topological polar surface area (TPSA) is 63.9 Å².